The molecule has 3 rings (SSSR count). The van der Waals surface area contributed by atoms with Gasteiger partial charge in [-0.25, -0.2) is 8.42 Å². The SMILES string of the molecule is CCCc1ccc(S(=O)(=O)Nc2cccc(NC(=O)c3cnoc3C)c2)cc1. The number of aryl methyl sites for hydroxylation is 2. The lowest BCUT2D eigenvalue weighted by molar-refractivity contribution is 0.102. The summed E-state index contributed by atoms with van der Waals surface area (Å²) < 4.78 is 32.7. The van der Waals surface area contributed by atoms with Crippen LogP contribution in [0, 0.1) is 6.92 Å². The highest BCUT2D eigenvalue weighted by Gasteiger charge is 2.16. The molecule has 0 aliphatic heterocycles. The topological polar surface area (TPSA) is 101 Å². The van der Waals surface area contributed by atoms with Gasteiger partial charge in [0.25, 0.3) is 15.9 Å². The Labute approximate surface area is 163 Å². The molecule has 1 aromatic heterocycles. The first-order chi connectivity index (χ1) is 13.4. The van der Waals surface area contributed by atoms with Crippen LogP contribution in [0.1, 0.15) is 35.0 Å². The molecule has 0 atom stereocenters. The number of carbonyl (C=O) groups excluding carboxylic acids is 1. The number of benzene rings is 2. The quantitative estimate of drug-likeness (QED) is 0.625. The van der Waals surface area contributed by atoms with Crippen LogP contribution >= 0.6 is 0 Å². The average molecular weight is 399 g/mol. The van der Waals surface area contributed by atoms with E-state index in [1.54, 1.807) is 43.3 Å². The molecular formula is C20H21N3O4S. The van der Waals surface area contributed by atoms with Gasteiger partial charge >= 0.3 is 0 Å². The van der Waals surface area contributed by atoms with Crippen molar-refractivity contribution in [1.82, 2.24) is 5.16 Å². The van der Waals surface area contributed by atoms with Crippen molar-refractivity contribution in [1.29, 1.82) is 0 Å². The number of amides is 1. The standard InChI is InChI=1S/C20H21N3O4S/c1-3-5-15-8-10-18(11-9-15)28(25,26)23-17-7-4-6-16(12-17)22-20(24)19-13-21-27-14(19)2/h4,6-13,23H,3,5H2,1-2H3,(H,22,24). The van der Waals surface area contributed by atoms with Crippen molar-refractivity contribution in [3.8, 4) is 0 Å². The second-order valence-electron chi connectivity index (χ2n) is 6.33. The zero-order chi connectivity index (χ0) is 20.1. The number of hydrogen-bond acceptors (Lipinski definition) is 5. The van der Waals surface area contributed by atoms with Crippen molar-refractivity contribution in [3.05, 3.63) is 71.6 Å². The highest BCUT2D eigenvalue weighted by Crippen LogP contribution is 2.21. The van der Waals surface area contributed by atoms with Crippen LogP contribution in [0.5, 0.6) is 0 Å². The van der Waals surface area contributed by atoms with E-state index in [9.17, 15) is 13.2 Å². The van der Waals surface area contributed by atoms with Gasteiger partial charge in [0.1, 0.15) is 11.3 Å². The van der Waals surface area contributed by atoms with Crippen molar-refractivity contribution in [2.24, 2.45) is 0 Å². The fourth-order valence-corrected chi connectivity index (χ4v) is 3.76. The largest absolute Gasteiger partial charge is 0.361 e. The van der Waals surface area contributed by atoms with Crippen LogP contribution in [-0.2, 0) is 16.4 Å². The maximum Gasteiger partial charge on any atom is 0.261 e. The van der Waals surface area contributed by atoms with Crippen LogP contribution in [0.4, 0.5) is 11.4 Å². The summed E-state index contributed by atoms with van der Waals surface area (Å²) >= 11 is 0. The minimum atomic E-state index is -3.73. The molecule has 0 fully saturated rings. The second-order valence-corrected chi connectivity index (χ2v) is 8.01. The Hall–Kier alpha value is -3.13. The van der Waals surface area contributed by atoms with E-state index in [1.165, 1.54) is 6.20 Å². The third-order valence-corrected chi connectivity index (χ3v) is 5.54. The molecule has 0 spiro atoms. The second kappa shape index (κ2) is 8.26. The average Bonchev–Trinajstić information content (AvgIpc) is 3.08. The van der Waals surface area contributed by atoms with Gasteiger partial charge in [-0.15, -0.1) is 0 Å². The van der Waals surface area contributed by atoms with Gasteiger partial charge in [0.15, 0.2) is 0 Å². The first-order valence-corrected chi connectivity index (χ1v) is 10.3. The van der Waals surface area contributed by atoms with E-state index < -0.39 is 10.0 Å². The number of nitrogens with one attached hydrogen (secondary N) is 2. The molecule has 0 saturated carbocycles. The maximum absolute atomic E-state index is 12.6. The Bertz CT molecular complexity index is 1070. The molecule has 28 heavy (non-hydrogen) atoms. The predicted molar refractivity (Wildman–Crippen MR) is 107 cm³/mol. The smallest absolute Gasteiger partial charge is 0.261 e. The van der Waals surface area contributed by atoms with Crippen molar-refractivity contribution >= 4 is 27.3 Å². The predicted octanol–water partition coefficient (Wildman–Crippen LogP) is 3.99. The number of anilines is 2. The van der Waals surface area contributed by atoms with Gasteiger partial charge in [-0.05, 0) is 49.2 Å². The minimum Gasteiger partial charge on any atom is -0.361 e. The fraction of sp³-hybridized carbons (Fsp3) is 0.200. The normalized spacial score (nSPS) is 11.2. The van der Waals surface area contributed by atoms with E-state index in [4.69, 9.17) is 4.52 Å². The van der Waals surface area contributed by atoms with Crippen LogP contribution in [0.3, 0.4) is 0 Å². The summed E-state index contributed by atoms with van der Waals surface area (Å²) in [6.45, 7) is 3.71. The maximum atomic E-state index is 12.6. The highest BCUT2D eigenvalue weighted by molar-refractivity contribution is 7.92. The molecule has 8 heteroatoms. The van der Waals surface area contributed by atoms with Crippen LogP contribution in [0.2, 0.25) is 0 Å². The molecule has 0 aliphatic carbocycles. The Morgan fingerprint density at radius 2 is 1.82 bits per heavy atom. The lowest BCUT2D eigenvalue weighted by atomic mass is 10.1. The third-order valence-electron chi connectivity index (χ3n) is 4.14. The summed E-state index contributed by atoms with van der Waals surface area (Å²) in [7, 11) is -3.73. The molecular weight excluding hydrogens is 378 g/mol. The Balaban J connectivity index is 1.74. The molecule has 146 valence electrons. The number of sulfonamides is 1. The molecule has 0 unspecified atom stereocenters. The summed E-state index contributed by atoms with van der Waals surface area (Å²) in [6, 6.07) is 13.3. The molecule has 1 heterocycles. The van der Waals surface area contributed by atoms with Crippen LogP contribution < -0.4 is 10.0 Å². The van der Waals surface area contributed by atoms with Crippen molar-refractivity contribution in [2.45, 2.75) is 31.6 Å². The van der Waals surface area contributed by atoms with E-state index in [0.717, 1.165) is 18.4 Å². The van der Waals surface area contributed by atoms with Gasteiger partial charge in [0.2, 0.25) is 0 Å². The minimum absolute atomic E-state index is 0.182. The summed E-state index contributed by atoms with van der Waals surface area (Å²) in [5, 5.41) is 6.27. The molecule has 2 N–H and O–H groups in total. The zero-order valence-corrected chi connectivity index (χ0v) is 16.4. The Kier molecular flexibility index (Phi) is 5.79. The Morgan fingerprint density at radius 1 is 1.11 bits per heavy atom. The van der Waals surface area contributed by atoms with Crippen LogP contribution in [0.15, 0.2) is 64.1 Å². The van der Waals surface area contributed by atoms with Gasteiger partial charge in [-0.1, -0.05) is 36.7 Å². The molecule has 0 aliphatic rings. The van der Waals surface area contributed by atoms with E-state index in [1.807, 2.05) is 12.1 Å². The monoisotopic (exact) mass is 399 g/mol. The summed E-state index contributed by atoms with van der Waals surface area (Å²) in [6.07, 6.45) is 3.23. The van der Waals surface area contributed by atoms with Crippen LogP contribution in [-0.4, -0.2) is 19.5 Å². The highest BCUT2D eigenvalue weighted by atomic mass is 32.2. The number of nitrogens with zero attached hydrogens (tertiary/aromatic N) is 1. The fourth-order valence-electron chi connectivity index (χ4n) is 2.71. The summed E-state index contributed by atoms with van der Waals surface area (Å²) in [5.74, 6) is 0.0196. The Morgan fingerprint density at radius 3 is 2.46 bits per heavy atom. The van der Waals surface area contributed by atoms with E-state index in [2.05, 4.69) is 22.1 Å². The number of aromatic nitrogens is 1. The van der Waals surface area contributed by atoms with Gasteiger partial charge in [-0.2, -0.15) is 0 Å². The molecule has 0 saturated heterocycles. The molecule has 1 amide bonds. The lowest BCUT2D eigenvalue weighted by Gasteiger charge is -2.11. The van der Waals surface area contributed by atoms with E-state index in [0.29, 0.717) is 22.7 Å². The molecule has 0 radical (unpaired) electrons. The van der Waals surface area contributed by atoms with Gasteiger partial charge in [0, 0.05) is 5.69 Å². The van der Waals surface area contributed by atoms with Crippen molar-refractivity contribution in [2.75, 3.05) is 10.0 Å². The third kappa shape index (κ3) is 4.58. The summed E-state index contributed by atoms with van der Waals surface area (Å²) in [4.78, 5) is 12.4. The molecule has 2 aromatic carbocycles. The van der Waals surface area contributed by atoms with Gasteiger partial charge < -0.3 is 9.84 Å². The first-order valence-electron chi connectivity index (χ1n) is 8.83. The number of carbonyl (C=O) groups is 1. The first kappa shape index (κ1) is 19.6. The zero-order valence-electron chi connectivity index (χ0n) is 15.6. The van der Waals surface area contributed by atoms with Crippen molar-refractivity contribution in [3.63, 3.8) is 0 Å². The van der Waals surface area contributed by atoms with E-state index in [-0.39, 0.29) is 10.8 Å². The summed E-state index contributed by atoms with van der Waals surface area (Å²) in [5.41, 5.74) is 2.20. The number of hydrogen-bond donors (Lipinski definition) is 2. The van der Waals surface area contributed by atoms with Crippen LogP contribution in [0.25, 0.3) is 0 Å². The molecule has 7 nitrogen and oxygen atoms in total. The molecule has 3 aromatic rings. The van der Waals surface area contributed by atoms with E-state index >= 15 is 0 Å². The van der Waals surface area contributed by atoms with Crippen molar-refractivity contribution < 1.29 is 17.7 Å². The van der Waals surface area contributed by atoms with Gasteiger partial charge in [0.05, 0.1) is 16.8 Å². The number of rotatable bonds is 7. The van der Waals surface area contributed by atoms with Gasteiger partial charge in [-0.3, -0.25) is 9.52 Å². The lowest BCUT2D eigenvalue weighted by Crippen LogP contribution is -2.14. The molecule has 0 bridgehead atoms.